The minimum Gasteiger partial charge on any atom is -0.496 e. The van der Waals surface area contributed by atoms with Gasteiger partial charge in [0.15, 0.2) is 0 Å². The zero-order valence-electron chi connectivity index (χ0n) is 17.7. The van der Waals surface area contributed by atoms with Crippen LogP contribution < -0.4 is 20.5 Å². The summed E-state index contributed by atoms with van der Waals surface area (Å²) in [6.07, 6.45) is 1.72. The van der Waals surface area contributed by atoms with Gasteiger partial charge in [-0.3, -0.25) is 4.79 Å². The summed E-state index contributed by atoms with van der Waals surface area (Å²) in [5.74, 6) is -0.819. The molecular formula is C22H25N3O5. The fraction of sp³-hybridized carbons (Fsp3) is 0.318. The predicted molar refractivity (Wildman–Crippen MR) is 112 cm³/mol. The van der Waals surface area contributed by atoms with Gasteiger partial charge in [0.25, 0.3) is 0 Å². The van der Waals surface area contributed by atoms with E-state index in [-0.39, 0.29) is 0 Å². The number of primary amides is 1. The first-order valence-electron chi connectivity index (χ1n) is 9.50. The average molecular weight is 411 g/mol. The zero-order chi connectivity index (χ0) is 22.0. The molecule has 0 spiro atoms. The second-order valence-corrected chi connectivity index (χ2v) is 6.88. The van der Waals surface area contributed by atoms with Crippen LogP contribution in [0.4, 0.5) is 5.69 Å². The number of nitrogens with two attached hydrogens (primary N) is 1. The maximum absolute atomic E-state index is 12.5. The molecule has 30 heavy (non-hydrogen) atoms. The molecule has 3 N–H and O–H groups in total. The largest absolute Gasteiger partial charge is 0.496 e. The Morgan fingerprint density at radius 1 is 1.23 bits per heavy atom. The number of ether oxygens (including phenoxy) is 3. The molecule has 1 aliphatic rings. The molecule has 8 nitrogen and oxygen atoms in total. The number of aromatic nitrogens is 1. The number of pyridine rings is 1. The van der Waals surface area contributed by atoms with Crippen LogP contribution in [-0.4, -0.2) is 37.7 Å². The van der Waals surface area contributed by atoms with Crippen molar-refractivity contribution >= 4 is 17.6 Å². The van der Waals surface area contributed by atoms with Crippen LogP contribution in [0.15, 0.2) is 35.7 Å². The van der Waals surface area contributed by atoms with Crippen molar-refractivity contribution in [2.75, 3.05) is 26.1 Å². The summed E-state index contributed by atoms with van der Waals surface area (Å²) in [6.45, 7) is 5.99. The Bertz CT molecular complexity index is 1050. The number of nitrogens with zero attached hydrogens (tertiary/aromatic N) is 1. The number of methoxy groups -OCH3 is 2. The molecule has 1 aliphatic heterocycles. The van der Waals surface area contributed by atoms with Gasteiger partial charge < -0.3 is 25.3 Å². The average Bonchev–Trinajstić information content (AvgIpc) is 2.73. The van der Waals surface area contributed by atoms with E-state index in [1.165, 1.54) is 14.2 Å². The van der Waals surface area contributed by atoms with Crippen molar-refractivity contribution in [3.05, 3.63) is 57.9 Å². The summed E-state index contributed by atoms with van der Waals surface area (Å²) < 4.78 is 16.2. The van der Waals surface area contributed by atoms with Gasteiger partial charge in [-0.05, 0) is 38.5 Å². The van der Waals surface area contributed by atoms with E-state index >= 15 is 0 Å². The first-order chi connectivity index (χ1) is 14.3. The van der Waals surface area contributed by atoms with Crippen LogP contribution in [0.3, 0.4) is 0 Å². The molecule has 158 valence electrons. The van der Waals surface area contributed by atoms with E-state index in [9.17, 15) is 9.59 Å². The van der Waals surface area contributed by atoms with Gasteiger partial charge in [-0.25, -0.2) is 9.78 Å². The lowest BCUT2D eigenvalue weighted by atomic mass is 9.79. The number of carbonyl (C=O) groups is 2. The number of hydrogen-bond acceptors (Lipinski definition) is 7. The Hall–Kier alpha value is -3.55. The molecule has 2 heterocycles. The molecule has 2 aromatic rings. The van der Waals surface area contributed by atoms with Crippen LogP contribution in [0.5, 0.6) is 11.6 Å². The third kappa shape index (κ3) is 3.56. The third-order valence-corrected chi connectivity index (χ3v) is 5.08. The minimum absolute atomic E-state index is 0.334. The van der Waals surface area contributed by atoms with Gasteiger partial charge >= 0.3 is 5.97 Å². The van der Waals surface area contributed by atoms with Crippen LogP contribution in [0.25, 0.3) is 0 Å². The normalized spacial score (nSPS) is 15.2. The lowest BCUT2D eigenvalue weighted by molar-refractivity contribution is -0.114. The number of amides is 1. The number of nitrogens with one attached hydrogen (secondary N) is 1. The Morgan fingerprint density at radius 2 is 1.97 bits per heavy atom. The van der Waals surface area contributed by atoms with Crippen molar-refractivity contribution in [2.45, 2.75) is 26.7 Å². The zero-order valence-corrected chi connectivity index (χ0v) is 17.7. The topological polar surface area (TPSA) is 113 Å². The fourth-order valence-electron chi connectivity index (χ4n) is 3.74. The summed E-state index contributed by atoms with van der Waals surface area (Å²) in [5.41, 5.74) is 10.2. The van der Waals surface area contributed by atoms with E-state index in [1.54, 1.807) is 31.3 Å². The number of fused-ring (bicyclic) bond motifs is 1. The van der Waals surface area contributed by atoms with E-state index in [1.807, 2.05) is 13.8 Å². The summed E-state index contributed by atoms with van der Waals surface area (Å²) in [5, 5.41) is 3.28. The number of anilines is 1. The summed E-state index contributed by atoms with van der Waals surface area (Å²) >= 11 is 0. The maximum Gasteiger partial charge on any atom is 0.337 e. The van der Waals surface area contributed by atoms with Gasteiger partial charge in [0.1, 0.15) is 5.75 Å². The number of aryl methyl sites for hydroxylation is 1. The van der Waals surface area contributed by atoms with E-state index in [4.69, 9.17) is 19.9 Å². The van der Waals surface area contributed by atoms with Crippen molar-refractivity contribution in [3.63, 3.8) is 0 Å². The highest BCUT2D eigenvalue weighted by Gasteiger charge is 2.37. The van der Waals surface area contributed by atoms with Crippen molar-refractivity contribution in [1.29, 1.82) is 0 Å². The highest BCUT2D eigenvalue weighted by molar-refractivity contribution is 5.98. The maximum atomic E-state index is 12.5. The van der Waals surface area contributed by atoms with Gasteiger partial charge in [0, 0.05) is 23.0 Å². The first-order valence-corrected chi connectivity index (χ1v) is 9.50. The van der Waals surface area contributed by atoms with Gasteiger partial charge in [0.05, 0.1) is 43.6 Å². The molecule has 0 bridgehead atoms. The van der Waals surface area contributed by atoms with E-state index in [0.29, 0.717) is 46.2 Å². The fourth-order valence-corrected chi connectivity index (χ4v) is 3.74. The molecule has 1 unspecified atom stereocenters. The SMILES string of the molecule is CCOc1ncc(C)c2c1C(c1ccc(C(=O)OC)cc1OC)C(C(N)=O)=C(C)N2. The van der Waals surface area contributed by atoms with Crippen molar-refractivity contribution in [1.82, 2.24) is 4.98 Å². The molecule has 1 aromatic carbocycles. The number of carbonyl (C=O) groups excluding carboxylic acids is 2. The summed E-state index contributed by atoms with van der Waals surface area (Å²) in [4.78, 5) is 28.9. The number of esters is 1. The van der Waals surface area contributed by atoms with Crippen LogP contribution in [0.2, 0.25) is 0 Å². The molecule has 3 rings (SSSR count). The van der Waals surface area contributed by atoms with Crippen molar-refractivity contribution < 1.29 is 23.8 Å². The van der Waals surface area contributed by atoms with E-state index in [0.717, 1.165) is 11.3 Å². The molecule has 0 fully saturated rings. The molecule has 1 aromatic heterocycles. The lowest BCUT2D eigenvalue weighted by Gasteiger charge is -2.32. The molecule has 0 saturated heterocycles. The molecule has 0 radical (unpaired) electrons. The second kappa shape index (κ2) is 8.44. The lowest BCUT2D eigenvalue weighted by Crippen LogP contribution is -2.28. The number of allylic oxidation sites excluding steroid dienone is 1. The minimum atomic E-state index is -0.589. The van der Waals surface area contributed by atoms with Gasteiger partial charge in [-0.2, -0.15) is 0 Å². The Kier molecular flexibility index (Phi) is 5.96. The smallest absolute Gasteiger partial charge is 0.337 e. The molecule has 0 saturated carbocycles. The first kappa shape index (κ1) is 21.2. The summed E-state index contributed by atoms with van der Waals surface area (Å²) in [6, 6.07) is 4.95. The van der Waals surface area contributed by atoms with Gasteiger partial charge in [0.2, 0.25) is 11.8 Å². The van der Waals surface area contributed by atoms with Crippen LogP contribution in [0, 0.1) is 6.92 Å². The molecular weight excluding hydrogens is 386 g/mol. The molecule has 8 heteroatoms. The molecule has 1 amide bonds. The number of hydrogen-bond donors (Lipinski definition) is 2. The van der Waals surface area contributed by atoms with Crippen LogP contribution >= 0.6 is 0 Å². The van der Waals surface area contributed by atoms with E-state index < -0.39 is 17.8 Å². The van der Waals surface area contributed by atoms with Crippen LogP contribution in [-0.2, 0) is 9.53 Å². The molecule has 0 aliphatic carbocycles. The quantitative estimate of drug-likeness (QED) is 0.703. The highest BCUT2D eigenvalue weighted by Crippen LogP contribution is 2.48. The van der Waals surface area contributed by atoms with Gasteiger partial charge in [-0.1, -0.05) is 6.07 Å². The van der Waals surface area contributed by atoms with Crippen molar-refractivity contribution in [2.24, 2.45) is 5.73 Å². The molecule has 1 atom stereocenters. The third-order valence-electron chi connectivity index (χ3n) is 5.08. The Balaban J connectivity index is 2.33. The Labute approximate surface area is 175 Å². The summed E-state index contributed by atoms with van der Waals surface area (Å²) in [7, 11) is 2.81. The van der Waals surface area contributed by atoms with Gasteiger partial charge in [-0.15, -0.1) is 0 Å². The predicted octanol–water partition coefficient (Wildman–Crippen LogP) is 2.90. The number of benzene rings is 1. The monoisotopic (exact) mass is 411 g/mol. The van der Waals surface area contributed by atoms with Crippen LogP contribution in [0.1, 0.15) is 46.8 Å². The Morgan fingerprint density at radius 3 is 2.57 bits per heavy atom. The standard InChI is InChI=1S/C22H25N3O5/c1-6-30-21-18-17(14-8-7-13(22(27)29-5)9-15(14)28-4)16(20(23)26)12(3)25-19(18)11(2)10-24-21/h7-10,17,25H,6H2,1-5H3,(H2,23,26). The second-order valence-electron chi connectivity index (χ2n) is 6.88. The number of rotatable bonds is 6. The highest BCUT2D eigenvalue weighted by atomic mass is 16.5. The van der Waals surface area contributed by atoms with E-state index in [2.05, 4.69) is 10.3 Å². The van der Waals surface area contributed by atoms with Crippen molar-refractivity contribution in [3.8, 4) is 11.6 Å².